The second kappa shape index (κ2) is 10.3. The van der Waals surface area contributed by atoms with E-state index in [2.05, 4.69) is 111 Å². The van der Waals surface area contributed by atoms with E-state index in [0.717, 1.165) is 11.1 Å². The zero-order chi connectivity index (χ0) is 22.3. The SMILES string of the molecule is C=C(/C=C(\C=C(/C)c1ccc(C2=CCCCC2)cc1)c1cccc(C)c1)c1ccccc1. The van der Waals surface area contributed by atoms with E-state index < -0.39 is 0 Å². The van der Waals surface area contributed by atoms with Crippen molar-refractivity contribution in [1.82, 2.24) is 0 Å². The van der Waals surface area contributed by atoms with Gasteiger partial charge in [0.15, 0.2) is 0 Å². The van der Waals surface area contributed by atoms with Gasteiger partial charge in [-0.3, -0.25) is 0 Å². The largest absolute Gasteiger partial charge is 0.0911 e. The maximum atomic E-state index is 4.34. The van der Waals surface area contributed by atoms with E-state index in [9.17, 15) is 0 Å². The van der Waals surface area contributed by atoms with Crippen LogP contribution in [0.15, 0.2) is 104 Å². The van der Waals surface area contributed by atoms with Gasteiger partial charge in [-0.25, -0.2) is 0 Å². The summed E-state index contributed by atoms with van der Waals surface area (Å²) in [5, 5.41) is 0. The molecule has 1 aliphatic rings. The number of aryl methyl sites for hydroxylation is 1. The third-order valence-corrected chi connectivity index (χ3v) is 6.20. The van der Waals surface area contributed by atoms with Gasteiger partial charge in [-0.1, -0.05) is 103 Å². The smallest absolute Gasteiger partial charge is 0.0175 e. The Morgan fingerprint density at radius 1 is 0.781 bits per heavy atom. The first-order chi connectivity index (χ1) is 15.6. The summed E-state index contributed by atoms with van der Waals surface area (Å²) >= 11 is 0. The first-order valence-electron chi connectivity index (χ1n) is 11.6. The summed E-state index contributed by atoms with van der Waals surface area (Å²) in [7, 11) is 0. The normalized spacial score (nSPS) is 14.8. The molecule has 0 heteroatoms. The van der Waals surface area contributed by atoms with Crippen molar-refractivity contribution >= 4 is 22.3 Å². The first-order valence-corrected chi connectivity index (χ1v) is 11.6. The average molecular weight is 417 g/mol. The summed E-state index contributed by atoms with van der Waals surface area (Å²) in [5.74, 6) is 0. The lowest BCUT2D eigenvalue weighted by molar-refractivity contribution is 0.742. The van der Waals surface area contributed by atoms with Gasteiger partial charge in [-0.15, -0.1) is 0 Å². The molecule has 3 aromatic rings. The van der Waals surface area contributed by atoms with Crippen LogP contribution in [0.1, 0.15) is 60.4 Å². The standard InChI is InChI=1S/C32H32/c1-24-11-10-16-31(21-24)32(22-25(2)27-12-6-4-7-13-27)23-26(3)28-17-19-30(20-18-28)29-14-8-5-9-15-29/h4,6-7,10-14,16-23H,2,5,8-9,15H2,1,3H3/b26-23+,32-22+. The summed E-state index contributed by atoms with van der Waals surface area (Å²) in [4.78, 5) is 0. The molecule has 3 aromatic carbocycles. The summed E-state index contributed by atoms with van der Waals surface area (Å²) in [6.07, 6.45) is 12.0. The summed E-state index contributed by atoms with van der Waals surface area (Å²) in [6, 6.07) is 28.2. The lowest BCUT2D eigenvalue weighted by atomic mass is 9.92. The van der Waals surface area contributed by atoms with Crippen molar-refractivity contribution in [3.63, 3.8) is 0 Å². The maximum Gasteiger partial charge on any atom is -0.0175 e. The maximum absolute atomic E-state index is 4.34. The second-order valence-corrected chi connectivity index (χ2v) is 8.74. The fraction of sp³-hybridized carbons (Fsp3) is 0.188. The Morgan fingerprint density at radius 2 is 1.53 bits per heavy atom. The topological polar surface area (TPSA) is 0 Å². The number of rotatable bonds is 6. The van der Waals surface area contributed by atoms with Crippen molar-refractivity contribution < 1.29 is 0 Å². The Kier molecular flexibility index (Phi) is 7.02. The molecule has 160 valence electrons. The molecule has 32 heavy (non-hydrogen) atoms. The van der Waals surface area contributed by atoms with Crippen LogP contribution in [0.4, 0.5) is 0 Å². The van der Waals surface area contributed by atoms with Crippen LogP contribution in [-0.2, 0) is 0 Å². The lowest BCUT2D eigenvalue weighted by Crippen LogP contribution is -1.92. The molecule has 0 aromatic heterocycles. The van der Waals surface area contributed by atoms with E-state index in [0.29, 0.717) is 0 Å². The predicted molar refractivity (Wildman–Crippen MR) is 141 cm³/mol. The Bertz CT molecular complexity index is 1170. The number of hydrogen-bond acceptors (Lipinski definition) is 0. The molecule has 0 unspecified atom stereocenters. The molecular formula is C32H32. The van der Waals surface area contributed by atoms with Gasteiger partial charge in [-0.05, 0) is 90.2 Å². The third-order valence-electron chi connectivity index (χ3n) is 6.20. The number of hydrogen-bond donors (Lipinski definition) is 0. The van der Waals surface area contributed by atoms with Gasteiger partial charge < -0.3 is 0 Å². The number of benzene rings is 3. The Labute approximate surface area is 193 Å². The fourth-order valence-corrected chi connectivity index (χ4v) is 4.32. The Morgan fingerprint density at radius 3 is 2.22 bits per heavy atom. The van der Waals surface area contributed by atoms with Crippen LogP contribution in [0, 0.1) is 6.92 Å². The third kappa shape index (κ3) is 5.45. The molecule has 0 amide bonds. The van der Waals surface area contributed by atoms with E-state index in [1.54, 1.807) is 0 Å². The van der Waals surface area contributed by atoms with Crippen LogP contribution in [-0.4, -0.2) is 0 Å². The summed E-state index contributed by atoms with van der Waals surface area (Å²) < 4.78 is 0. The molecule has 0 fully saturated rings. The molecule has 4 rings (SSSR count). The van der Waals surface area contributed by atoms with Gasteiger partial charge in [0, 0.05) is 0 Å². The molecule has 1 aliphatic carbocycles. The fourth-order valence-electron chi connectivity index (χ4n) is 4.32. The van der Waals surface area contributed by atoms with E-state index >= 15 is 0 Å². The minimum atomic E-state index is 1.02. The van der Waals surface area contributed by atoms with E-state index in [4.69, 9.17) is 0 Å². The highest BCUT2D eigenvalue weighted by atomic mass is 14.1. The molecule has 0 bridgehead atoms. The van der Waals surface area contributed by atoms with Crippen LogP contribution in [0.5, 0.6) is 0 Å². The molecule has 0 saturated heterocycles. The zero-order valence-electron chi connectivity index (χ0n) is 19.3. The van der Waals surface area contributed by atoms with Crippen LogP contribution in [0.3, 0.4) is 0 Å². The highest BCUT2D eigenvalue weighted by molar-refractivity contribution is 5.90. The van der Waals surface area contributed by atoms with E-state index in [1.807, 2.05) is 6.07 Å². The van der Waals surface area contributed by atoms with Crippen molar-refractivity contribution in [2.75, 3.05) is 0 Å². The van der Waals surface area contributed by atoms with Crippen molar-refractivity contribution in [3.8, 4) is 0 Å². The second-order valence-electron chi connectivity index (χ2n) is 8.74. The van der Waals surface area contributed by atoms with Gasteiger partial charge in [0.05, 0.1) is 0 Å². The first kappa shape index (κ1) is 21.8. The van der Waals surface area contributed by atoms with Gasteiger partial charge in [0.25, 0.3) is 0 Å². The highest BCUT2D eigenvalue weighted by Gasteiger charge is 2.08. The van der Waals surface area contributed by atoms with Gasteiger partial charge in [0.2, 0.25) is 0 Å². The quantitative estimate of drug-likeness (QED) is 0.351. The highest BCUT2D eigenvalue weighted by Crippen LogP contribution is 2.30. The monoisotopic (exact) mass is 416 g/mol. The lowest BCUT2D eigenvalue weighted by Gasteiger charge is -2.14. The minimum absolute atomic E-state index is 1.02. The molecule has 0 saturated carbocycles. The molecule has 0 atom stereocenters. The molecule has 0 spiro atoms. The van der Waals surface area contributed by atoms with Crippen LogP contribution in [0.2, 0.25) is 0 Å². The van der Waals surface area contributed by atoms with Crippen molar-refractivity contribution in [2.24, 2.45) is 0 Å². The van der Waals surface area contributed by atoms with Gasteiger partial charge in [0.1, 0.15) is 0 Å². The Hall–Kier alpha value is -3.38. The molecule has 0 heterocycles. The molecule has 0 aliphatic heterocycles. The zero-order valence-corrected chi connectivity index (χ0v) is 19.3. The summed E-state index contributed by atoms with van der Waals surface area (Å²) in [5.41, 5.74) is 11.2. The van der Waals surface area contributed by atoms with Gasteiger partial charge in [-0.2, -0.15) is 0 Å². The Balaban J connectivity index is 1.67. The number of allylic oxidation sites excluding steroid dienone is 7. The van der Waals surface area contributed by atoms with Crippen molar-refractivity contribution in [1.29, 1.82) is 0 Å². The molecular weight excluding hydrogens is 384 g/mol. The minimum Gasteiger partial charge on any atom is -0.0911 e. The van der Waals surface area contributed by atoms with Crippen LogP contribution in [0.25, 0.3) is 22.3 Å². The molecule has 0 radical (unpaired) electrons. The van der Waals surface area contributed by atoms with Crippen molar-refractivity contribution in [3.05, 3.63) is 131 Å². The van der Waals surface area contributed by atoms with Crippen LogP contribution >= 0.6 is 0 Å². The predicted octanol–water partition coefficient (Wildman–Crippen LogP) is 9.15. The average Bonchev–Trinajstić information content (AvgIpc) is 2.84. The van der Waals surface area contributed by atoms with Crippen LogP contribution < -0.4 is 0 Å². The van der Waals surface area contributed by atoms with Gasteiger partial charge >= 0.3 is 0 Å². The van der Waals surface area contributed by atoms with E-state index in [-0.39, 0.29) is 0 Å². The molecule has 0 nitrogen and oxygen atoms in total. The molecule has 0 N–H and O–H groups in total. The van der Waals surface area contributed by atoms with E-state index in [1.165, 1.54) is 64.7 Å². The van der Waals surface area contributed by atoms with Crippen molar-refractivity contribution in [2.45, 2.75) is 39.5 Å². The summed E-state index contributed by atoms with van der Waals surface area (Å²) in [6.45, 7) is 8.68.